The molecule has 0 heterocycles. The molecule has 71 heavy (non-hydrogen) atoms. The van der Waals surface area contributed by atoms with Gasteiger partial charge in [-0.15, -0.1) is 0 Å². The van der Waals surface area contributed by atoms with Crippen LogP contribution in [0.25, 0.3) is 0 Å². The van der Waals surface area contributed by atoms with Crippen LogP contribution in [0.15, 0.2) is 0 Å². The molecular formula is C49H86N6O16. The molecule has 8 N–H and O–H groups in total. The molecule has 3 atom stereocenters. The van der Waals surface area contributed by atoms with Crippen molar-refractivity contribution in [3.05, 3.63) is 0 Å². The van der Waals surface area contributed by atoms with Crippen LogP contribution in [-0.4, -0.2) is 161 Å². The van der Waals surface area contributed by atoms with Crippen molar-refractivity contribution >= 4 is 60.0 Å². The molecule has 0 aliphatic heterocycles. The lowest BCUT2D eigenvalue weighted by atomic mass is 10.0. The van der Waals surface area contributed by atoms with Crippen molar-refractivity contribution in [2.75, 3.05) is 72.5 Å². The molecule has 0 saturated carbocycles. The summed E-state index contributed by atoms with van der Waals surface area (Å²) in [5.41, 5.74) is 0. The maximum atomic E-state index is 12.3. The molecule has 0 fully saturated rings. The summed E-state index contributed by atoms with van der Waals surface area (Å²) in [4.78, 5) is 118. The van der Waals surface area contributed by atoms with Gasteiger partial charge in [-0.05, 0) is 38.5 Å². The number of rotatable bonds is 51. The number of carbonyl (C=O) groups excluding carboxylic acids is 8. The van der Waals surface area contributed by atoms with E-state index in [1.807, 2.05) is 6.92 Å². The van der Waals surface area contributed by atoms with E-state index in [9.17, 15) is 53.1 Å². The fourth-order valence-corrected chi connectivity index (χ4v) is 6.86. The number of hydrogen-bond acceptors (Lipinski definition) is 14. The number of hydrogen-bond donors (Lipinski definition) is 8. The van der Waals surface area contributed by atoms with E-state index in [4.69, 9.17) is 24.1 Å². The van der Waals surface area contributed by atoms with Gasteiger partial charge in [-0.3, -0.25) is 33.6 Å². The third-order valence-electron chi connectivity index (χ3n) is 10.9. The molecule has 0 aromatic rings. The fraction of sp³-hybridized carbons (Fsp3) is 0.796. The first-order valence-corrected chi connectivity index (χ1v) is 25.6. The van der Waals surface area contributed by atoms with Crippen LogP contribution in [0.2, 0.25) is 0 Å². The van der Waals surface area contributed by atoms with Crippen molar-refractivity contribution in [2.45, 2.75) is 179 Å². The first-order valence-electron chi connectivity index (χ1n) is 25.6. The van der Waals surface area contributed by atoms with Crippen LogP contribution in [0, 0.1) is 0 Å². The highest BCUT2D eigenvalue weighted by atomic mass is 16.5. The molecule has 0 rings (SSSR count). The molecule has 0 spiro atoms. The SMILES string of the molecule is CCCCNC(=O)CC[C@@H](C=O)NC(=O)CCC(NC(=O)COCCOCCNC(=O)COCCOCCNC(=O)CC[C@@H](C=O)NC(=O)CCCCCCCCCCCCCCCCC(=O)O)C(=O)O. The van der Waals surface area contributed by atoms with Gasteiger partial charge in [0.2, 0.25) is 35.4 Å². The van der Waals surface area contributed by atoms with Crippen LogP contribution in [0.4, 0.5) is 0 Å². The minimum Gasteiger partial charge on any atom is -0.481 e. The Balaban J connectivity index is 3.80. The van der Waals surface area contributed by atoms with E-state index in [1.165, 1.54) is 44.9 Å². The Labute approximate surface area is 419 Å². The first-order chi connectivity index (χ1) is 34.3. The van der Waals surface area contributed by atoms with Crippen LogP contribution in [0.5, 0.6) is 0 Å². The summed E-state index contributed by atoms with van der Waals surface area (Å²) < 4.78 is 21.2. The lowest BCUT2D eigenvalue weighted by Crippen LogP contribution is -2.44. The number of carbonyl (C=O) groups is 10. The summed E-state index contributed by atoms with van der Waals surface area (Å²) >= 11 is 0. The zero-order valence-corrected chi connectivity index (χ0v) is 42.2. The maximum absolute atomic E-state index is 12.3. The predicted octanol–water partition coefficient (Wildman–Crippen LogP) is 2.81. The van der Waals surface area contributed by atoms with Crippen molar-refractivity contribution in [3.63, 3.8) is 0 Å². The van der Waals surface area contributed by atoms with Crippen LogP contribution < -0.4 is 31.9 Å². The highest BCUT2D eigenvalue weighted by Gasteiger charge is 2.22. The second-order valence-electron chi connectivity index (χ2n) is 17.3. The Morgan fingerprint density at radius 3 is 1.25 bits per heavy atom. The van der Waals surface area contributed by atoms with Crippen molar-refractivity contribution < 1.29 is 77.1 Å². The lowest BCUT2D eigenvalue weighted by Gasteiger charge is -2.16. The minimum absolute atomic E-state index is 0.00550. The normalized spacial score (nSPS) is 12.2. The average Bonchev–Trinajstić information content (AvgIpc) is 3.34. The Hall–Kier alpha value is -5.06. The summed E-state index contributed by atoms with van der Waals surface area (Å²) in [5.74, 6) is -4.49. The highest BCUT2D eigenvalue weighted by molar-refractivity contribution is 5.86. The van der Waals surface area contributed by atoms with Crippen molar-refractivity contribution in [3.8, 4) is 0 Å². The van der Waals surface area contributed by atoms with E-state index in [2.05, 4.69) is 31.9 Å². The topological polar surface area (TPSA) is 320 Å². The molecule has 0 bridgehead atoms. The molecular weight excluding hydrogens is 929 g/mol. The van der Waals surface area contributed by atoms with Gasteiger partial charge in [0.1, 0.15) is 31.8 Å². The van der Waals surface area contributed by atoms with Gasteiger partial charge in [0.15, 0.2) is 0 Å². The number of unbranched alkanes of at least 4 members (excludes halogenated alkanes) is 14. The Bertz CT molecular complexity index is 1510. The Morgan fingerprint density at radius 2 is 0.803 bits per heavy atom. The van der Waals surface area contributed by atoms with Gasteiger partial charge in [0.25, 0.3) is 0 Å². The molecule has 0 aromatic carbocycles. The summed E-state index contributed by atoms with van der Waals surface area (Å²) in [6.45, 7) is 3.02. The molecule has 1 unspecified atom stereocenters. The van der Waals surface area contributed by atoms with Crippen LogP contribution >= 0.6 is 0 Å². The Kier molecular flexibility index (Phi) is 43.9. The van der Waals surface area contributed by atoms with E-state index in [1.54, 1.807) is 0 Å². The second kappa shape index (κ2) is 47.3. The lowest BCUT2D eigenvalue weighted by molar-refractivity contribution is -0.143. The van der Waals surface area contributed by atoms with Crippen molar-refractivity contribution in [1.82, 2.24) is 31.9 Å². The molecule has 0 radical (unpaired) electrons. The van der Waals surface area contributed by atoms with Gasteiger partial charge in [-0.1, -0.05) is 90.4 Å². The monoisotopic (exact) mass is 1010 g/mol. The van der Waals surface area contributed by atoms with E-state index in [0.29, 0.717) is 25.5 Å². The second-order valence-corrected chi connectivity index (χ2v) is 17.3. The zero-order valence-electron chi connectivity index (χ0n) is 42.2. The van der Waals surface area contributed by atoms with Gasteiger partial charge in [-0.2, -0.15) is 0 Å². The van der Waals surface area contributed by atoms with E-state index < -0.39 is 48.5 Å². The van der Waals surface area contributed by atoms with Crippen molar-refractivity contribution in [2.24, 2.45) is 0 Å². The molecule has 0 aliphatic rings. The summed E-state index contributed by atoms with van der Waals surface area (Å²) in [6.07, 6.45) is 18.6. The minimum atomic E-state index is -1.38. The van der Waals surface area contributed by atoms with Gasteiger partial charge in [-0.25, -0.2) is 4.79 Å². The van der Waals surface area contributed by atoms with Crippen LogP contribution in [-0.2, 0) is 66.9 Å². The van der Waals surface area contributed by atoms with E-state index in [-0.39, 0.29) is 128 Å². The molecule has 408 valence electrons. The Morgan fingerprint density at radius 1 is 0.408 bits per heavy atom. The standard InChI is InChI=1S/C49H86N6O16/c1-2-3-26-50-42(58)23-20-40(36-57)54-45(61)25-22-41(49(66)67)55-47(63)38-71-34-32-69-30-28-52-46(62)37-70-33-31-68-29-27-51-43(59)24-21-39(35-56)53-44(60)18-16-14-12-10-8-6-4-5-7-9-11-13-15-17-19-48(64)65/h35-36,39-41H,2-34,37-38H2,1H3,(H,50,58)(H,51,59)(H,52,62)(H,53,60)(H,54,61)(H,55,63)(H,64,65)(H,66,67)/t39-,40-,41?/m0/s1. The fourth-order valence-electron chi connectivity index (χ4n) is 6.86. The van der Waals surface area contributed by atoms with Gasteiger partial charge in [0.05, 0.1) is 51.7 Å². The van der Waals surface area contributed by atoms with Crippen LogP contribution in [0.3, 0.4) is 0 Å². The number of aldehydes is 2. The zero-order chi connectivity index (χ0) is 52.6. The number of carboxylic acid groups (broad SMARTS) is 2. The molecule has 0 aromatic heterocycles. The molecule has 0 aliphatic carbocycles. The van der Waals surface area contributed by atoms with Crippen molar-refractivity contribution in [1.29, 1.82) is 0 Å². The highest BCUT2D eigenvalue weighted by Crippen LogP contribution is 2.14. The van der Waals surface area contributed by atoms with E-state index >= 15 is 0 Å². The predicted molar refractivity (Wildman–Crippen MR) is 262 cm³/mol. The first kappa shape index (κ1) is 65.9. The molecule has 6 amide bonds. The summed E-state index contributed by atoms with van der Waals surface area (Å²) in [6, 6.07) is -3.02. The smallest absolute Gasteiger partial charge is 0.326 e. The van der Waals surface area contributed by atoms with Gasteiger partial charge in [0, 0.05) is 51.7 Å². The van der Waals surface area contributed by atoms with Crippen LogP contribution in [0.1, 0.15) is 161 Å². The van der Waals surface area contributed by atoms with Gasteiger partial charge < -0.3 is 70.7 Å². The summed E-state index contributed by atoms with van der Waals surface area (Å²) in [5, 5.41) is 33.6. The molecule has 22 heteroatoms. The number of ether oxygens (including phenoxy) is 4. The summed E-state index contributed by atoms with van der Waals surface area (Å²) in [7, 11) is 0. The van der Waals surface area contributed by atoms with E-state index in [0.717, 1.165) is 57.8 Å². The van der Waals surface area contributed by atoms with Gasteiger partial charge >= 0.3 is 11.9 Å². The third-order valence-corrected chi connectivity index (χ3v) is 10.9. The number of amides is 6. The molecule has 22 nitrogen and oxygen atoms in total. The largest absolute Gasteiger partial charge is 0.481 e. The third kappa shape index (κ3) is 44.6. The maximum Gasteiger partial charge on any atom is 0.326 e. The number of carboxylic acids is 2. The quantitative estimate of drug-likeness (QED) is 0.0321. The molecule has 0 saturated heterocycles. The number of aliphatic carboxylic acids is 2. The average molecular weight is 1020 g/mol. The number of nitrogens with one attached hydrogen (secondary N) is 6.